The zero-order chi connectivity index (χ0) is 21.6. The molecule has 0 aromatic heterocycles. The Bertz CT molecular complexity index is 894. The van der Waals surface area contributed by atoms with E-state index in [1.807, 2.05) is 32.0 Å². The number of rotatable bonds is 8. The van der Waals surface area contributed by atoms with Gasteiger partial charge in [0.05, 0.1) is 5.70 Å². The maximum atomic E-state index is 12.7. The number of hydrogen-bond donors (Lipinski definition) is 3. The van der Waals surface area contributed by atoms with Crippen molar-refractivity contribution >= 4 is 28.7 Å². The van der Waals surface area contributed by atoms with Crippen LogP contribution in [0.1, 0.15) is 16.7 Å². The summed E-state index contributed by atoms with van der Waals surface area (Å²) in [5.41, 5.74) is 8.38. The number of hydrogen-bond acceptors (Lipinski definition) is 4. The highest BCUT2D eigenvalue weighted by molar-refractivity contribution is 7.80. The Kier molecular flexibility index (Phi) is 7.66. The highest BCUT2D eigenvalue weighted by Gasteiger charge is 2.15. The molecule has 0 aliphatic rings. The zero-order valence-electron chi connectivity index (χ0n) is 15.6. The predicted molar refractivity (Wildman–Crippen MR) is 107 cm³/mol. The Hall–Kier alpha value is -3.01. The van der Waals surface area contributed by atoms with Crippen LogP contribution in [0.5, 0.6) is 11.5 Å². The van der Waals surface area contributed by atoms with Crippen LogP contribution >= 0.6 is 12.2 Å². The number of hydrazine groups is 1. The van der Waals surface area contributed by atoms with Gasteiger partial charge in [0.2, 0.25) is 0 Å². The van der Waals surface area contributed by atoms with E-state index in [2.05, 4.69) is 32.2 Å². The van der Waals surface area contributed by atoms with E-state index in [9.17, 15) is 17.6 Å². The molecule has 0 unspecified atom stereocenters. The number of nitrogens with one attached hydrogen (secondary N) is 3. The average molecular weight is 429 g/mol. The number of ether oxygens (including phenoxy) is 2. The van der Waals surface area contributed by atoms with Crippen molar-refractivity contribution in [1.82, 2.24) is 10.9 Å². The first-order valence-corrected chi connectivity index (χ1v) is 8.69. The Balaban J connectivity index is 2.07. The topological polar surface area (TPSA) is 54.5 Å². The van der Waals surface area contributed by atoms with Gasteiger partial charge in [0.15, 0.2) is 5.11 Å². The van der Waals surface area contributed by atoms with Gasteiger partial charge in [-0.2, -0.15) is 17.6 Å². The second kappa shape index (κ2) is 9.97. The average Bonchev–Trinajstić information content (AvgIpc) is 2.62. The second-order valence-electron chi connectivity index (χ2n) is 5.92. The molecule has 5 nitrogen and oxygen atoms in total. The molecular weight excluding hydrogens is 410 g/mol. The summed E-state index contributed by atoms with van der Waals surface area (Å²) < 4.78 is 58.6. The van der Waals surface area contributed by atoms with E-state index < -0.39 is 13.2 Å². The van der Waals surface area contributed by atoms with Crippen LogP contribution in [0.4, 0.5) is 23.2 Å². The van der Waals surface area contributed by atoms with Gasteiger partial charge in [-0.15, -0.1) is 0 Å². The van der Waals surface area contributed by atoms with Crippen molar-refractivity contribution in [3.05, 3.63) is 59.7 Å². The molecule has 156 valence electrons. The van der Waals surface area contributed by atoms with Crippen LogP contribution in [0, 0.1) is 13.8 Å². The van der Waals surface area contributed by atoms with E-state index in [-0.39, 0.29) is 27.9 Å². The van der Waals surface area contributed by atoms with Crippen LogP contribution < -0.4 is 25.6 Å². The van der Waals surface area contributed by atoms with Crippen molar-refractivity contribution in [1.29, 1.82) is 0 Å². The number of benzene rings is 2. The van der Waals surface area contributed by atoms with Crippen molar-refractivity contribution in [3.8, 4) is 11.5 Å². The van der Waals surface area contributed by atoms with Crippen LogP contribution in [0.2, 0.25) is 0 Å². The maximum Gasteiger partial charge on any atom is 0.387 e. The van der Waals surface area contributed by atoms with Crippen molar-refractivity contribution in [2.24, 2.45) is 0 Å². The van der Waals surface area contributed by atoms with Crippen molar-refractivity contribution < 1.29 is 27.0 Å². The molecule has 0 aliphatic heterocycles. The summed E-state index contributed by atoms with van der Waals surface area (Å²) in [6.45, 7) is 1.30. The Labute approximate surface area is 170 Å². The van der Waals surface area contributed by atoms with Gasteiger partial charge < -0.3 is 14.8 Å². The third-order valence-electron chi connectivity index (χ3n) is 3.69. The van der Waals surface area contributed by atoms with E-state index >= 15 is 0 Å². The summed E-state index contributed by atoms with van der Waals surface area (Å²) in [5.74, 6) is -0.710. The van der Waals surface area contributed by atoms with Gasteiger partial charge in [0, 0.05) is 17.3 Å². The lowest BCUT2D eigenvalue weighted by Crippen LogP contribution is -2.39. The van der Waals surface area contributed by atoms with E-state index in [4.69, 9.17) is 12.2 Å². The molecule has 0 heterocycles. The minimum absolute atomic E-state index is 0.106. The highest BCUT2D eigenvalue weighted by atomic mass is 32.1. The SMILES string of the molecule is C=C(NNC(=S)Nc1cc(C)ccc1C)c1ccc(OC(F)F)cc1OC(F)F. The second-order valence-corrected chi connectivity index (χ2v) is 6.32. The fraction of sp³-hybridized carbons (Fsp3) is 0.211. The lowest BCUT2D eigenvalue weighted by molar-refractivity contribution is -0.0543. The van der Waals surface area contributed by atoms with Crippen LogP contribution in [0.3, 0.4) is 0 Å². The molecule has 10 heteroatoms. The first-order chi connectivity index (χ1) is 13.7. The largest absolute Gasteiger partial charge is 0.435 e. The predicted octanol–water partition coefficient (Wildman–Crippen LogP) is 4.97. The van der Waals surface area contributed by atoms with E-state index in [1.165, 1.54) is 12.1 Å². The third-order valence-corrected chi connectivity index (χ3v) is 3.89. The summed E-state index contributed by atoms with van der Waals surface area (Å²) in [7, 11) is 0. The molecule has 2 rings (SSSR count). The number of alkyl halides is 4. The lowest BCUT2D eigenvalue weighted by Gasteiger charge is -2.18. The minimum Gasteiger partial charge on any atom is -0.435 e. The van der Waals surface area contributed by atoms with Crippen molar-refractivity contribution in [2.75, 3.05) is 5.32 Å². The monoisotopic (exact) mass is 429 g/mol. The van der Waals surface area contributed by atoms with Crippen LogP contribution in [0.25, 0.3) is 5.70 Å². The smallest absolute Gasteiger partial charge is 0.387 e. The summed E-state index contributed by atoms with van der Waals surface area (Å²) in [6.07, 6.45) is 0. The molecule has 0 fully saturated rings. The van der Waals surface area contributed by atoms with Gasteiger partial charge in [0.1, 0.15) is 11.5 Å². The van der Waals surface area contributed by atoms with Gasteiger partial charge in [0.25, 0.3) is 0 Å². The molecular formula is C19H19F4N3O2S. The molecule has 2 aromatic carbocycles. The Morgan fingerprint density at radius 2 is 1.66 bits per heavy atom. The zero-order valence-corrected chi connectivity index (χ0v) is 16.4. The van der Waals surface area contributed by atoms with E-state index in [0.29, 0.717) is 0 Å². The fourth-order valence-electron chi connectivity index (χ4n) is 2.35. The lowest BCUT2D eigenvalue weighted by atomic mass is 10.1. The summed E-state index contributed by atoms with van der Waals surface area (Å²) >= 11 is 5.20. The number of thiocarbonyl (C=S) groups is 1. The Morgan fingerprint density at radius 1 is 0.966 bits per heavy atom. The molecule has 0 radical (unpaired) electrons. The standard InChI is InChI=1S/C19H19F4N3O2S/c1-10-4-5-11(2)15(8-10)24-19(29)26-25-12(3)14-7-6-13(27-17(20)21)9-16(14)28-18(22)23/h4-9,17-18,25H,3H2,1-2H3,(H2,24,26,29). The highest BCUT2D eigenvalue weighted by Crippen LogP contribution is 2.30. The number of aryl methyl sites for hydroxylation is 2. The van der Waals surface area contributed by atoms with E-state index in [1.54, 1.807) is 0 Å². The van der Waals surface area contributed by atoms with Crippen molar-refractivity contribution in [2.45, 2.75) is 27.1 Å². The van der Waals surface area contributed by atoms with Gasteiger partial charge in [-0.1, -0.05) is 18.7 Å². The quantitative estimate of drug-likeness (QED) is 0.313. The van der Waals surface area contributed by atoms with Gasteiger partial charge >= 0.3 is 13.2 Å². The molecule has 0 spiro atoms. The first-order valence-electron chi connectivity index (χ1n) is 8.29. The van der Waals surface area contributed by atoms with Gasteiger partial charge in [-0.3, -0.25) is 10.9 Å². The molecule has 0 amide bonds. The Morgan fingerprint density at radius 3 is 2.31 bits per heavy atom. The van der Waals surface area contributed by atoms with Crippen LogP contribution in [-0.4, -0.2) is 18.3 Å². The van der Waals surface area contributed by atoms with Crippen LogP contribution in [-0.2, 0) is 0 Å². The fourth-order valence-corrected chi connectivity index (χ4v) is 2.51. The molecule has 0 atom stereocenters. The third kappa shape index (κ3) is 6.83. The molecule has 2 aromatic rings. The molecule has 29 heavy (non-hydrogen) atoms. The normalized spacial score (nSPS) is 10.6. The summed E-state index contributed by atoms with van der Waals surface area (Å²) in [5, 5.41) is 3.20. The molecule has 0 saturated carbocycles. The van der Waals surface area contributed by atoms with Gasteiger partial charge in [-0.25, -0.2) is 0 Å². The summed E-state index contributed by atoms with van der Waals surface area (Å²) in [4.78, 5) is 0. The molecule has 0 aliphatic carbocycles. The molecule has 3 N–H and O–H groups in total. The first kappa shape index (κ1) is 22.3. The minimum atomic E-state index is -3.16. The maximum absolute atomic E-state index is 12.7. The number of anilines is 1. The van der Waals surface area contributed by atoms with Crippen molar-refractivity contribution in [3.63, 3.8) is 0 Å². The molecule has 0 saturated heterocycles. The molecule has 0 bridgehead atoms. The summed E-state index contributed by atoms with van der Waals surface area (Å²) in [6, 6.07) is 9.17. The van der Waals surface area contributed by atoms with Crippen LogP contribution in [0.15, 0.2) is 43.0 Å². The van der Waals surface area contributed by atoms with Gasteiger partial charge in [-0.05, 0) is 55.4 Å². The number of halogens is 4. The van der Waals surface area contributed by atoms with E-state index in [0.717, 1.165) is 22.9 Å².